The second kappa shape index (κ2) is 9.21. The van der Waals surface area contributed by atoms with Crippen molar-refractivity contribution in [1.29, 1.82) is 0 Å². The van der Waals surface area contributed by atoms with Crippen molar-refractivity contribution in [2.75, 3.05) is 6.61 Å². The average molecular weight is 296 g/mol. The molecule has 0 aliphatic heterocycles. The summed E-state index contributed by atoms with van der Waals surface area (Å²) in [6.45, 7) is 6.63. The van der Waals surface area contributed by atoms with E-state index >= 15 is 0 Å². The van der Waals surface area contributed by atoms with Crippen LogP contribution in [-0.2, 0) is 16.1 Å². The molecule has 0 fully saturated rings. The molecule has 118 valence electrons. The van der Waals surface area contributed by atoms with Crippen molar-refractivity contribution in [2.45, 2.75) is 53.1 Å². The van der Waals surface area contributed by atoms with Crippen LogP contribution in [-0.4, -0.2) is 12.6 Å². The van der Waals surface area contributed by atoms with Crippen LogP contribution in [0.3, 0.4) is 0 Å². The molecule has 0 bridgehead atoms. The van der Waals surface area contributed by atoms with Crippen LogP contribution in [0, 0.1) is 5.92 Å². The zero-order valence-electron chi connectivity index (χ0n) is 13.0. The molecule has 0 aliphatic rings. The molecule has 0 spiro atoms. The van der Waals surface area contributed by atoms with E-state index in [9.17, 15) is 9.59 Å². The quantitative estimate of drug-likeness (QED) is 0.654. The summed E-state index contributed by atoms with van der Waals surface area (Å²) in [7, 11) is 0. The van der Waals surface area contributed by atoms with Gasteiger partial charge in [0.25, 0.3) is 0 Å². The van der Waals surface area contributed by atoms with E-state index in [4.69, 9.17) is 13.9 Å². The van der Waals surface area contributed by atoms with Gasteiger partial charge in [-0.3, -0.25) is 9.59 Å². The predicted molar refractivity (Wildman–Crippen MR) is 79.2 cm³/mol. The molecule has 5 heteroatoms. The maximum Gasteiger partial charge on any atom is 0.306 e. The summed E-state index contributed by atoms with van der Waals surface area (Å²) in [5.41, 5.74) is -0.260. The molecule has 21 heavy (non-hydrogen) atoms. The smallest absolute Gasteiger partial charge is 0.306 e. The Balaban J connectivity index is 2.46. The third-order valence-corrected chi connectivity index (χ3v) is 2.91. The first-order chi connectivity index (χ1) is 10.0. The van der Waals surface area contributed by atoms with E-state index < -0.39 is 0 Å². The van der Waals surface area contributed by atoms with Crippen LogP contribution >= 0.6 is 0 Å². The molecular formula is C16H24O5. The number of rotatable bonds is 9. The highest BCUT2D eigenvalue weighted by molar-refractivity contribution is 5.69. The largest absolute Gasteiger partial charge is 0.487 e. The third-order valence-electron chi connectivity index (χ3n) is 2.91. The van der Waals surface area contributed by atoms with Crippen LogP contribution in [0.5, 0.6) is 5.75 Å². The molecule has 0 N–H and O–H groups in total. The molecule has 1 aromatic rings. The van der Waals surface area contributed by atoms with Gasteiger partial charge in [-0.15, -0.1) is 0 Å². The van der Waals surface area contributed by atoms with Crippen molar-refractivity contribution >= 4 is 5.97 Å². The number of esters is 1. The van der Waals surface area contributed by atoms with Crippen LogP contribution in [0.1, 0.15) is 52.2 Å². The molecule has 5 nitrogen and oxygen atoms in total. The lowest BCUT2D eigenvalue weighted by Crippen LogP contribution is -2.11. The normalized spacial score (nSPS) is 10.7. The molecule has 1 rings (SSSR count). The average Bonchev–Trinajstić information content (AvgIpc) is 2.44. The summed E-state index contributed by atoms with van der Waals surface area (Å²) in [4.78, 5) is 23.2. The fraction of sp³-hybridized carbons (Fsp3) is 0.625. The molecular weight excluding hydrogens is 272 g/mol. The minimum Gasteiger partial charge on any atom is -0.487 e. The van der Waals surface area contributed by atoms with Crippen molar-refractivity contribution in [3.05, 3.63) is 28.3 Å². The summed E-state index contributed by atoms with van der Waals surface area (Å²) in [5.74, 6) is 0.744. The van der Waals surface area contributed by atoms with E-state index in [1.807, 2.05) is 6.92 Å². The Labute approximate surface area is 125 Å². The van der Waals surface area contributed by atoms with E-state index in [1.54, 1.807) is 0 Å². The van der Waals surface area contributed by atoms with E-state index in [2.05, 4.69) is 13.8 Å². The van der Waals surface area contributed by atoms with Crippen LogP contribution < -0.4 is 10.2 Å². The summed E-state index contributed by atoms with van der Waals surface area (Å²) in [6, 6.07) is 1.30. The van der Waals surface area contributed by atoms with Gasteiger partial charge in [0, 0.05) is 12.5 Å². The van der Waals surface area contributed by atoms with Crippen LogP contribution in [0.25, 0.3) is 0 Å². The van der Waals surface area contributed by atoms with Gasteiger partial charge in [0.05, 0.1) is 6.61 Å². The molecule has 0 amide bonds. The molecule has 0 atom stereocenters. The topological polar surface area (TPSA) is 65.7 Å². The molecule has 0 aliphatic carbocycles. The number of hydrogen-bond acceptors (Lipinski definition) is 5. The molecule has 1 aromatic heterocycles. The lowest BCUT2D eigenvalue weighted by Gasteiger charge is -2.08. The Morgan fingerprint density at radius 1 is 1.38 bits per heavy atom. The van der Waals surface area contributed by atoms with Gasteiger partial charge < -0.3 is 13.9 Å². The van der Waals surface area contributed by atoms with E-state index in [0.29, 0.717) is 24.7 Å². The first-order valence-electron chi connectivity index (χ1n) is 7.43. The molecule has 0 aromatic carbocycles. The minimum absolute atomic E-state index is 0.0237. The zero-order chi connectivity index (χ0) is 15.7. The second-order valence-corrected chi connectivity index (χ2v) is 5.37. The van der Waals surface area contributed by atoms with Gasteiger partial charge in [-0.2, -0.15) is 0 Å². The van der Waals surface area contributed by atoms with Crippen molar-refractivity contribution in [3.8, 4) is 5.75 Å². The van der Waals surface area contributed by atoms with Crippen molar-refractivity contribution in [2.24, 2.45) is 5.92 Å². The van der Waals surface area contributed by atoms with Gasteiger partial charge in [0.2, 0.25) is 11.2 Å². The van der Waals surface area contributed by atoms with Gasteiger partial charge in [-0.25, -0.2) is 0 Å². The summed E-state index contributed by atoms with van der Waals surface area (Å²) in [5, 5.41) is 0. The lowest BCUT2D eigenvalue weighted by molar-refractivity contribution is -0.145. The fourth-order valence-corrected chi connectivity index (χ4v) is 1.57. The summed E-state index contributed by atoms with van der Waals surface area (Å²) in [6.07, 6.45) is 4.27. The predicted octanol–water partition coefficient (Wildman–Crippen LogP) is 3.30. The highest BCUT2D eigenvalue weighted by Gasteiger charge is 2.08. The van der Waals surface area contributed by atoms with Crippen molar-refractivity contribution in [3.63, 3.8) is 0 Å². The first-order valence-corrected chi connectivity index (χ1v) is 7.43. The Hall–Kier alpha value is -1.78. The number of ether oxygens (including phenoxy) is 2. The van der Waals surface area contributed by atoms with Crippen molar-refractivity contribution < 1.29 is 18.7 Å². The maximum absolute atomic E-state index is 11.8. The third kappa shape index (κ3) is 6.97. The Kier molecular flexibility index (Phi) is 7.58. The number of hydrogen-bond donors (Lipinski definition) is 0. The van der Waals surface area contributed by atoms with E-state index in [0.717, 1.165) is 19.3 Å². The Morgan fingerprint density at radius 2 is 2.14 bits per heavy atom. The number of carbonyl (C=O) groups is 1. The fourth-order valence-electron chi connectivity index (χ4n) is 1.57. The van der Waals surface area contributed by atoms with E-state index in [1.165, 1.54) is 12.3 Å². The van der Waals surface area contributed by atoms with Gasteiger partial charge in [0.1, 0.15) is 18.6 Å². The van der Waals surface area contributed by atoms with Gasteiger partial charge in [-0.05, 0) is 18.8 Å². The summed E-state index contributed by atoms with van der Waals surface area (Å²) >= 11 is 0. The SMILES string of the molecule is CCCCC(=O)OCc1cc(=O)c(OCCC(C)C)co1. The number of unbranched alkanes of at least 4 members (excludes halogenated alkanes) is 1. The molecule has 1 heterocycles. The van der Waals surface area contributed by atoms with Crippen LogP contribution in [0.4, 0.5) is 0 Å². The van der Waals surface area contributed by atoms with E-state index in [-0.39, 0.29) is 23.8 Å². The lowest BCUT2D eigenvalue weighted by atomic mass is 10.1. The first kappa shape index (κ1) is 17.3. The van der Waals surface area contributed by atoms with Crippen LogP contribution in [0.2, 0.25) is 0 Å². The standard InChI is InChI=1S/C16H24O5/c1-4-5-6-16(18)21-10-13-9-14(17)15(11-20-13)19-8-7-12(2)3/h9,11-12H,4-8,10H2,1-3H3. The molecule has 0 radical (unpaired) electrons. The Bertz CT molecular complexity index is 490. The van der Waals surface area contributed by atoms with Gasteiger partial charge in [-0.1, -0.05) is 27.2 Å². The highest BCUT2D eigenvalue weighted by Crippen LogP contribution is 2.09. The van der Waals surface area contributed by atoms with Crippen molar-refractivity contribution in [1.82, 2.24) is 0 Å². The zero-order valence-corrected chi connectivity index (χ0v) is 13.0. The van der Waals surface area contributed by atoms with Gasteiger partial charge >= 0.3 is 5.97 Å². The number of carbonyl (C=O) groups excluding carboxylic acids is 1. The summed E-state index contributed by atoms with van der Waals surface area (Å²) < 4.78 is 15.6. The molecule has 0 unspecified atom stereocenters. The molecule has 0 saturated heterocycles. The second-order valence-electron chi connectivity index (χ2n) is 5.37. The molecule has 0 saturated carbocycles. The van der Waals surface area contributed by atoms with Gasteiger partial charge in [0.15, 0.2) is 0 Å². The Morgan fingerprint density at radius 3 is 2.76 bits per heavy atom. The highest BCUT2D eigenvalue weighted by atomic mass is 16.5. The minimum atomic E-state index is -0.281. The van der Waals surface area contributed by atoms with Crippen LogP contribution in [0.15, 0.2) is 21.5 Å². The maximum atomic E-state index is 11.8. The monoisotopic (exact) mass is 296 g/mol.